The zero-order chi connectivity index (χ0) is 19.3. The molecule has 1 aliphatic heterocycles. The van der Waals surface area contributed by atoms with Crippen LogP contribution in [0.1, 0.15) is 60.3 Å². The molecule has 1 amide bonds. The molecule has 2 N–H and O–H groups in total. The third-order valence-corrected chi connectivity index (χ3v) is 5.86. The minimum atomic E-state index is -0.0907. The minimum Gasteiger partial charge on any atom is -0.356 e. The van der Waals surface area contributed by atoms with Gasteiger partial charge in [-0.25, -0.2) is 4.98 Å². The van der Waals surface area contributed by atoms with Crippen molar-refractivity contribution in [3.8, 4) is 0 Å². The zero-order valence-corrected chi connectivity index (χ0v) is 16.7. The van der Waals surface area contributed by atoms with Gasteiger partial charge < -0.3 is 15.5 Å². The normalized spacial score (nSPS) is 17.6. The third kappa shape index (κ3) is 4.19. The van der Waals surface area contributed by atoms with Gasteiger partial charge in [-0.2, -0.15) is 5.10 Å². The van der Waals surface area contributed by atoms with Crippen molar-refractivity contribution in [2.24, 2.45) is 0 Å². The molecule has 1 saturated carbocycles. The molecule has 4 rings (SSSR count). The molecule has 2 aromatic heterocycles. The average Bonchev–Trinajstić information content (AvgIpc) is 3.01. The van der Waals surface area contributed by atoms with E-state index >= 15 is 0 Å². The quantitative estimate of drug-likeness (QED) is 0.831. The summed E-state index contributed by atoms with van der Waals surface area (Å²) in [5.74, 6) is 0.684. The predicted molar refractivity (Wildman–Crippen MR) is 109 cm³/mol. The van der Waals surface area contributed by atoms with Crippen molar-refractivity contribution in [3.05, 3.63) is 41.3 Å². The van der Waals surface area contributed by atoms with Gasteiger partial charge in [0.15, 0.2) is 0 Å². The summed E-state index contributed by atoms with van der Waals surface area (Å²) in [7, 11) is 2.06. The van der Waals surface area contributed by atoms with Gasteiger partial charge in [-0.1, -0.05) is 19.3 Å². The lowest BCUT2D eigenvalue weighted by atomic mass is 9.94. The highest BCUT2D eigenvalue weighted by molar-refractivity contribution is 5.98. The van der Waals surface area contributed by atoms with Crippen LogP contribution in [0.2, 0.25) is 0 Å². The second-order valence-electron chi connectivity index (χ2n) is 7.84. The molecule has 2 aromatic rings. The summed E-state index contributed by atoms with van der Waals surface area (Å²) in [5.41, 5.74) is 2.72. The molecule has 2 aliphatic rings. The van der Waals surface area contributed by atoms with Crippen LogP contribution in [0.5, 0.6) is 0 Å². The van der Waals surface area contributed by atoms with Gasteiger partial charge in [-0.3, -0.25) is 9.48 Å². The first-order valence-electron chi connectivity index (χ1n) is 10.4. The van der Waals surface area contributed by atoms with E-state index in [2.05, 4.69) is 38.7 Å². The molecule has 0 radical (unpaired) electrons. The summed E-state index contributed by atoms with van der Waals surface area (Å²) >= 11 is 0. The van der Waals surface area contributed by atoms with Crippen molar-refractivity contribution in [1.29, 1.82) is 0 Å². The Morgan fingerprint density at radius 2 is 2.18 bits per heavy atom. The molecule has 1 aliphatic carbocycles. The summed E-state index contributed by atoms with van der Waals surface area (Å²) < 4.78 is 2.05. The summed E-state index contributed by atoms with van der Waals surface area (Å²) in [6, 6.07) is 6.24. The van der Waals surface area contributed by atoms with E-state index in [1.54, 1.807) is 6.20 Å². The van der Waals surface area contributed by atoms with Crippen LogP contribution in [-0.4, -0.2) is 40.3 Å². The van der Waals surface area contributed by atoms with Gasteiger partial charge in [-0.15, -0.1) is 0 Å². The fraction of sp³-hybridized carbons (Fsp3) is 0.571. The predicted octanol–water partition coefficient (Wildman–Crippen LogP) is 2.47. The number of carbonyl (C=O) groups excluding carboxylic acids is 1. The van der Waals surface area contributed by atoms with E-state index in [-0.39, 0.29) is 5.91 Å². The Bertz CT molecular complexity index is 787. The van der Waals surface area contributed by atoms with Gasteiger partial charge in [0.1, 0.15) is 5.82 Å². The minimum absolute atomic E-state index is 0.0907. The van der Waals surface area contributed by atoms with Crippen LogP contribution >= 0.6 is 0 Å². The van der Waals surface area contributed by atoms with Gasteiger partial charge >= 0.3 is 0 Å². The van der Waals surface area contributed by atoms with Crippen molar-refractivity contribution in [2.45, 2.75) is 64.2 Å². The molecular weight excluding hydrogens is 352 g/mol. The highest BCUT2D eigenvalue weighted by Crippen LogP contribution is 2.27. The van der Waals surface area contributed by atoms with Crippen LogP contribution in [-0.2, 0) is 19.6 Å². The van der Waals surface area contributed by atoms with Crippen LogP contribution in [0, 0.1) is 0 Å². The topological polar surface area (TPSA) is 75.1 Å². The lowest BCUT2D eigenvalue weighted by molar-refractivity contribution is 0.0950. The van der Waals surface area contributed by atoms with Crippen LogP contribution in [0.15, 0.2) is 24.4 Å². The molecule has 0 bridgehead atoms. The molecule has 28 heavy (non-hydrogen) atoms. The van der Waals surface area contributed by atoms with Gasteiger partial charge in [0.05, 0.1) is 23.5 Å². The number of nitrogens with one attached hydrogen (secondary N) is 2. The number of fused-ring (bicyclic) bond motifs is 1. The van der Waals surface area contributed by atoms with Crippen molar-refractivity contribution < 1.29 is 4.79 Å². The second kappa shape index (κ2) is 8.73. The SMILES string of the molecule is CN(c1ncccc1C(=O)NCc1cc2n(n1)CCCNC2)C1CCCCC1. The van der Waals surface area contributed by atoms with E-state index in [0.29, 0.717) is 18.2 Å². The maximum atomic E-state index is 12.9. The van der Waals surface area contributed by atoms with Crippen molar-refractivity contribution in [1.82, 2.24) is 25.4 Å². The number of anilines is 1. The van der Waals surface area contributed by atoms with E-state index in [9.17, 15) is 4.79 Å². The smallest absolute Gasteiger partial charge is 0.255 e. The average molecular weight is 383 g/mol. The molecule has 7 heteroatoms. The second-order valence-corrected chi connectivity index (χ2v) is 7.84. The highest BCUT2D eigenvalue weighted by atomic mass is 16.1. The lowest BCUT2D eigenvalue weighted by Crippen LogP contribution is -2.36. The molecule has 0 spiro atoms. The van der Waals surface area contributed by atoms with Crippen LogP contribution in [0.25, 0.3) is 0 Å². The number of hydrogen-bond acceptors (Lipinski definition) is 5. The molecule has 7 nitrogen and oxygen atoms in total. The summed E-state index contributed by atoms with van der Waals surface area (Å²) in [6.07, 6.45) is 9.00. The highest BCUT2D eigenvalue weighted by Gasteiger charge is 2.23. The van der Waals surface area contributed by atoms with Gasteiger partial charge in [0.25, 0.3) is 5.91 Å². The number of hydrogen-bond donors (Lipinski definition) is 2. The molecular formula is C21H30N6O. The van der Waals surface area contributed by atoms with Gasteiger partial charge in [-0.05, 0) is 44.0 Å². The number of amides is 1. The number of aromatic nitrogens is 3. The monoisotopic (exact) mass is 382 g/mol. The molecule has 1 fully saturated rings. The Hall–Kier alpha value is -2.41. The molecule has 3 heterocycles. The van der Waals surface area contributed by atoms with E-state index in [4.69, 9.17) is 0 Å². The molecule has 0 unspecified atom stereocenters. The van der Waals surface area contributed by atoms with E-state index in [0.717, 1.165) is 37.6 Å². The van der Waals surface area contributed by atoms with E-state index < -0.39 is 0 Å². The first-order valence-corrected chi connectivity index (χ1v) is 10.4. The molecule has 0 atom stereocenters. The van der Waals surface area contributed by atoms with Crippen molar-refractivity contribution in [3.63, 3.8) is 0 Å². The fourth-order valence-electron chi connectivity index (χ4n) is 4.27. The van der Waals surface area contributed by atoms with Crippen molar-refractivity contribution in [2.75, 3.05) is 18.5 Å². The van der Waals surface area contributed by atoms with Crippen molar-refractivity contribution >= 4 is 11.7 Å². The summed E-state index contributed by atoms with van der Waals surface area (Å²) in [5, 5.41) is 11.1. The lowest BCUT2D eigenvalue weighted by Gasteiger charge is -2.33. The zero-order valence-electron chi connectivity index (χ0n) is 16.7. The molecule has 0 aromatic carbocycles. The standard InChI is InChI=1S/C21H30N6O/c1-26(17-7-3-2-4-8-17)20-19(9-5-11-23-20)21(28)24-14-16-13-18-15-22-10-6-12-27(18)25-16/h5,9,11,13,17,22H,2-4,6-8,10,12,14-15H2,1H3,(H,24,28). The van der Waals surface area contributed by atoms with Crippen LogP contribution in [0.3, 0.4) is 0 Å². The Morgan fingerprint density at radius 3 is 3.04 bits per heavy atom. The van der Waals surface area contributed by atoms with Gasteiger partial charge in [0, 0.05) is 32.4 Å². The Morgan fingerprint density at radius 1 is 1.32 bits per heavy atom. The first kappa shape index (κ1) is 18.9. The number of aryl methyl sites for hydroxylation is 1. The largest absolute Gasteiger partial charge is 0.356 e. The van der Waals surface area contributed by atoms with Crippen LogP contribution < -0.4 is 15.5 Å². The molecule has 0 saturated heterocycles. The number of rotatable bonds is 5. The van der Waals surface area contributed by atoms with E-state index in [1.807, 2.05) is 16.8 Å². The fourth-order valence-corrected chi connectivity index (χ4v) is 4.27. The summed E-state index contributed by atoms with van der Waals surface area (Å²) in [4.78, 5) is 19.6. The Kier molecular flexibility index (Phi) is 5.90. The number of pyridine rings is 1. The first-order chi connectivity index (χ1) is 13.7. The maximum Gasteiger partial charge on any atom is 0.255 e. The third-order valence-electron chi connectivity index (χ3n) is 5.86. The van der Waals surface area contributed by atoms with E-state index in [1.165, 1.54) is 37.8 Å². The maximum absolute atomic E-state index is 12.9. The van der Waals surface area contributed by atoms with Gasteiger partial charge in [0.2, 0.25) is 0 Å². The van der Waals surface area contributed by atoms with Crippen LogP contribution in [0.4, 0.5) is 5.82 Å². The summed E-state index contributed by atoms with van der Waals surface area (Å²) in [6.45, 7) is 3.21. The molecule has 150 valence electrons. The Balaban J connectivity index is 1.43. The number of nitrogens with zero attached hydrogens (tertiary/aromatic N) is 4. The Labute approximate surface area is 166 Å². The number of carbonyl (C=O) groups is 1.